The number of carbonyl (C=O) groups is 2. The predicted molar refractivity (Wildman–Crippen MR) is 57.8 cm³/mol. The van der Waals surface area contributed by atoms with E-state index >= 15 is 0 Å². The van der Waals surface area contributed by atoms with E-state index in [0.29, 0.717) is 0 Å². The number of nitrogens with one attached hydrogen (secondary N) is 1. The van der Waals surface area contributed by atoms with Crippen molar-refractivity contribution in [2.75, 3.05) is 6.61 Å². The van der Waals surface area contributed by atoms with E-state index in [1.165, 1.54) is 12.3 Å². The Labute approximate surface area is 96.3 Å². The molecule has 1 unspecified atom stereocenters. The lowest BCUT2D eigenvalue weighted by Gasteiger charge is -2.11. The summed E-state index contributed by atoms with van der Waals surface area (Å²) < 4.78 is 5.23. The van der Waals surface area contributed by atoms with Crippen molar-refractivity contribution < 1.29 is 19.4 Å². The molecule has 1 aromatic rings. The van der Waals surface area contributed by atoms with Gasteiger partial charge in [-0.3, -0.25) is 4.79 Å². The lowest BCUT2D eigenvalue weighted by Crippen LogP contribution is -2.35. The highest BCUT2D eigenvalue weighted by Gasteiger charge is 2.10. The van der Waals surface area contributed by atoms with Crippen LogP contribution in [0.5, 0.6) is 5.19 Å². The van der Waals surface area contributed by atoms with E-state index in [2.05, 4.69) is 10.3 Å². The molecule has 0 aliphatic rings. The molecular formula is C9H12N2O4S. The summed E-state index contributed by atoms with van der Waals surface area (Å²) in [5.74, 6) is -1.22. The fourth-order valence-electron chi connectivity index (χ4n) is 1.01. The third-order valence-electron chi connectivity index (χ3n) is 1.61. The molecule has 0 aromatic carbocycles. The number of nitrogens with zero attached hydrogens (tertiary/aromatic N) is 1. The highest BCUT2D eigenvalue weighted by Crippen LogP contribution is 2.17. The molecule has 0 bridgehead atoms. The van der Waals surface area contributed by atoms with Gasteiger partial charge in [-0.2, -0.15) is 4.98 Å². The number of hydrogen-bond donors (Lipinski definition) is 2. The number of amides is 1. The predicted octanol–water partition coefficient (Wildman–Crippen LogP) is 0.745. The van der Waals surface area contributed by atoms with Crippen LogP contribution >= 0.6 is 11.3 Å². The van der Waals surface area contributed by atoms with E-state index < -0.39 is 5.97 Å². The van der Waals surface area contributed by atoms with Crippen molar-refractivity contribution in [2.45, 2.75) is 19.9 Å². The molecule has 1 rings (SSSR count). The van der Waals surface area contributed by atoms with Crippen LogP contribution < -0.4 is 10.1 Å². The first-order chi connectivity index (χ1) is 7.49. The highest BCUT2D eigenvalue weighted by molar-refractivity contribution is 7.11. The minimum atomic E-state index is -1.08. The molecule has 0 aliphatic heterocycles. The average molecular weight is 244 g/mol. The van der Waals surface area contributed by atoms with Crippen LogP contribution in [0.3, 0.4) is 0 Å². The van der Waals surface area contributed by atoms with Crippen LogP contribution in [0.2, 0.25) is 0 Å². The Hall–Kier alpha value is -1.63. The molecule has 7 heteroatoms. The van der Waals surface area contributed by atoms with Gasteiger partial charge in [0.1, 0.15) is 6.61 Å². The molecule has 6 nitrogen and oxygen atoms in total. The Morgan fingerprint density at radius 3 is 2.88 bits per heavy atom. The summed E-state index contributed by atoms with van der Waals surface area (Å²) in [6.45, 7) is 3.46. The van der Waals surface area contributed by atoms with Gasteiger partial charge in [0.25, 0.3) is 5.19 Å². The number of rotatable bonds is 5. The van der Waals surface area contributed by atoms with Crippen molar-refractivity contribution in [2.24, 2.45) is 0 Å². The van der Waals surface area contributed by atoms with Crippen LogP contribution in [0.15, 0.2) is 5.38 Å². The number of ether oxygens (including phenoxy) is 1. The van der Waals surface area contributed by atoms with E-state index in [0.717, 1.165) is 11.3 Å². The monoisotopic (exact) mass is 244 g/mol. The summed E-state index contributed by atoms with van der Waals surface area (Å²) in [7, 11) is 0. The fraction of sp³-hybridized carbons (Fsp3) is 0.444. The normalized spacial score (nSPS) is 11.9. The molecule has 0 radical (unpaired) electrons. The summed E-state index contributed by atoms with van der Waals surface area (Å²) in [4.78, 5) is 25.0. The van der Waals surface area contributed by atoms with Crippen LogP contribution in [0.4, 0.5) is 0 Å². The van der Waals surface area contributed by atoms with Crippen LogP contribution in [0.25, 0.3) is 0 Å². The Bertz CT molecular complexity index is 391. The topological polar surface area (TPSA) is 88.5 Å². The molecule has 1 amide bonds. The SMILES string of the molecule is CC(=O)NC(C)COc1nc(C(=O)O)cs1. The van der Waals surface area contributed by atoms with E-state index in [1.807, 2.05) is 0 Å². The maximum absolute atomic E-state index is 10.7. The first-order valence-corrected chi connectivity index (χ1v) is 5.45. The number of carboxylic acids is 1. The summed E-state index contributed by atoms with van der Waals surface area (Å²) >= 11 is 1.11. The second-order valence-electron chi connectivity index (χ2n) is 3.22. The molecule has 16 heavy (non-hydrogen) atoms. The molecule has 2 N–H and O–H groups in total. The van der Waals surface area contributed by atoms with Gasteiger partial charge in [-0.05, 0) is 6.92 Å². The second-order valence-corrected chi connectivity index (χ2v) is 4.04. The van der Waals surface area contributed by atoms with Gasteiger partial charge in [0.15, 0.2) is 5.69 Å². The summed E-state index contributed by atoms with van der Waals surface area (Å²) in [5, 5.41) is 13.0. The molecule has 1 atom stereocenters. The quantitative estimate of drug-likeness (QED) is 0.797. The molecule has 1 aromatic heterocycles. The van der Waals surface area contributed by atoms with Crippen LogP contribution in [-0.2, 0) is 4.79 Å². The van der Waals surface area contributed by atoms with Gasteiger partial charge < -0.3 is 15.2 Å². The number of aromatic nitrogens is 1. The number of hydrogen-bond acceptors (Lipinski definition) is 5. The van der Waals surface area contributed by atoms with Crippen LogP contribution in [-0.4, -0.2) is 34.6 Å². The molecule has 1 heterocycles. The van der Waals surface area contributed by atoms with Crippen molar-refractivity contribution in [1.82, 2.24) is 10.3 Å². The first-order valence-electron chi connectivity index (χ1n) is 4.57. The highest BCUT2D eigenvalue weighted by atomic mass is 32.1. The molecule has 0 saturated carbocycles. The van der Waals surface area contributed by atoms with Crippen molar-refractivity contribution in [3.63, 3.8) is 0 Å². The summed E-state index contributed by atoms with van der Waals surface area (Å²) in [5.41, 5.74) is -0.0350. The number of aromatic carboxylic acids is 1. The van der Waals surface area contributed by atoms with Gasteiger partial charge in [0, 0.05) is 12.3 Å². The minimum Gasteiger partial charge on any atom is -0.476 e. The van der Waals surface area contributed by atoms with Gasteiger partial charge in [0.2, 0.25) is 5.91 Å². The van der Waals surface area contributed by atoms with Crippen LogP contribution in [0.1, 0.15) is 24.3 Å². The molecule has 88 valence electrons. The summed E-state index contributed by atoms with van der Waals surface area (Å²) in [6, 6.07) is -0.144. The molecular weight excluding hydrogens is 232 g/mol. The average Bonchev–Trinajstić information content (AvgIpc) is 2.61. The zero-order chi connectivity index (χ0) is 12.1. The zero-order valence-corrected chi connectivity index (χ0v) is 9.71. The van der Waals surface area contributed by atoms with E-state index in [1.54, 1.807) is 6.92 Å². The van der Waals surface area contributed by atoms with Crippen LogP contribution in [0, 0.1) is 0 Å². The summed E-state index contributed by atoms with van der Waals surface area (Å²) in [6.07, 6.45) is 0. The lowest BCUT2D eigenvalue weighted by molar-refractivity contribution is -0.119. The molecule has 0 spiro atoms. The molecule has 0 aliphatic carbocycles. The standard InChI is InChI=1S/C9H12N2O4S/c1-5(10-6(2)12)3-15-9-11-7(4-16-9)8(13)14/h4-5H,3H2,1-2H3,(H,10,12)(H,13,14). The van der Waals surface area contributed by atoms with Gasteiger partial charge in [-0.25, -0.2) is 4.79 Å². The van der Waals surface area contributed by atoms with E-state index in [-0.39, 0.29) is 29.4 Å². The Morgan fingerprint density at radius 2 is 2.38 bits per heavy atom. The van der Waals surface area contributed by atoms with E-state index in [4.69, 9.17) is 9.84 Å². The van der Waals surface area contributed by atoms with Crippen molar-refractivity contribution in [1.29, 1.82) is 0 Å². The maximum Gasteiger partial charge on any atom is 0.355 e. The lowest BCUT2D eigenvalue weighted by atomic mass is 10.3. The number of carboxylic acid groups (broad SMARTS) is 1. The third-order valence-corrected chi connectivity index (χ3v) is 2.36. The van der Waals surface area contributed by atoms with Gasteiger partial charge in [-0.1, -0.05) is 11.3 Å². The minimum absolute atomic E-state index is 0.0350. The largest absolute Gasteiger partial charge is 0.476 e. The second kappa shape index (κ2) is 5.45. The molecule has 0 saturated heterocycles. The Kier molecular flexibility index (Phi) is 4.24. The third kappa shape index (κ3) is 3.85. The van der Waals surface area contributed by atoms with Gasteiger partial charge in [-0.15, -0.1) is 0 Å². The van der Waals surface area contributed by atoms with Gasteiger partial charge in [0.05, 0.1) is 6.04 Å². The Morgan fingerprint density at radius 1 is 1.69 bits per heavy atom. The fourth-order valence-corrected chi connectivity index (χ4v) is 1.66. The maximum atomic E-state index is 10.7. The number of thiazole rings is 1. The smallest absolute Gasteiger partial charge is 0.355 e. The van der Waals surface area contributed by atoms with Crippen molar-refractivity contribution >= 4 is 23.2 Å². The first kappa shape index (κ1) is 12.4. The van der Waals surface area contributed by atoms with Crippen molar-refractivity contribution in [3.05, 3.63) is 11.1 Å². The van der Waals surface area contributed by atoms with Gasteiger partial charge >= 0.3 is 5.97 Å². The zero-order valence-electron chi connectivity index (χ0n) is 8.89. The number of carbonyl (C=O) groups excluding carboxylic acids is 1. The molecule has 0 fully saturated rings. The Balaban J connectivity index is 2.42. The van der Waals surface area contributed by atoms with Crippen molar-refractivity contribution in [3.8, 4) is 5.19 Å². The van der Waals surface area contributed by atoms with E-state index in [9.17, 15) is 9.59 Å².